The van der Waals surface area contributed by atoms with Gasteiger partial charge >= 0.3 is 0 Å². The first-order valence-corrected chi connectivity index (χ1v) is 13.5. The average molecular weight is 641 g/mol. The van der Waals surface area contributed by atoms with Gasteiger partial charge in [-0.25, -0.2) is 0 Å². The second-order valence-electron chi connectivity index (χ2n) is 10.6. The van der Waals surface area contributed by atoms with Crippen LogP contribution in [-0.4, -0.2) is 126 Å². The van der Waals surface area contributed by atoms with Gasteiger partial charge in [-0.2, -0.15) is 0 Å². The number of hydrogen-bond donors (Lipinski definition) is 10. The van der Waals surface area contributed by atoms with Crippen LogP contribution in [-0.2, 0) is 14.2 Å². The maximum atomic E-state index is 13.8. The molecule has 45 heavy (non-hydrogen) atoms. The third-order valence-electron chi connectivity index (χ3n) is 7.63. The summed E-state index contributed by atoms with van der Waals surface area (Å²) in [5.74, 6) is -4.20. The quantitative estimate of drug-likeness (QED) is 0.129. The minimum Gasteiger partial charge on any atom is -0.504 e. The molecule has 0 amide bonds. The van der Waals surface area contributed by atoms with Crippen molar-refractivity contribution in [3.05, 3.63) is 34.5 Å². The van der Waals surface area contributed by atoms with Gasteiger partial charge in [0, 0.05) is 11.6 Å². The van der Waals surface area contributed by atoms with E-state index < -0.39 is 119 Å². The summed E-state index contributed by atoms with van der Waals surface area (Å²) in [6.07, 6.45) is -16.3. The summed E-state index contributed by atoms with van der Waals surface area (Å²) in [5.41, 5.74) is -1.50. The number of ether oxygens (including phenoxy) is 5. The number of benzene rings is 2. The average Bonchev–Trinajstić information content (AvgIpc) is 3.00. The summed E-state index contributed by atoms with van der Waals surface area (Å²) >= 11 is 0. The highest BCUT2D eigenvalue weighted by atomic mass is 16.7. The van der Waals surface area contributed by atoms with E-state index in [4.69, 9.17) is 28.1 Å². The maximum Gasteiger partial charge on any atom is 0.239 e. The molecule has 246 valence electrons. The molecule has 0 aliphatic carbocycles. The van der Waals surface area contributed by atoms with Crippen molar-refractivity contribution in [1.29, 1.82) is 0 Å². The van der Waals surface area contributed by atoms with Crippen LogP contribution in [0, 0.1) is 0 Å². The Kier molecular flexibility index (Phi) is 9.00. The summed E-state index contributed by atoms with van der Waals surface area (Å²) in [6, 6.07) is 4.27. The molecule has 0 bridgehead atoms. The lowest BCUT2D eigenvalue weighted by molar-refractivity contribution is -0.318. The van der Waals surface area contributed by atoms with Gasteiger partial charge < -0.3 is 79.2 Å². The lowest BCUT2D eigenvalue weighted by Gasteiger charge is -2.42. The lowest BCUT2D eigenvalue weighted by atomic mass is 9.98. The number of hydrogen-bond acceptors (Lipinski definition) is 17. The van der Waals surface area contributed by atoms with Gasteiger partial charge in [0.2, 0.25) is 23.2 Å². The van der Waals surface area contributed by atoms with E-state index in [0.717, 1.165) is 25.3 Å². The maximum absolute atomic E-state index is 13.8. The predicted molar refractivity (Wildman–Crippen MR) is 147 cm³/mol. The van der Waals surface area contributed by atoms with Crippen molar-refractivity contribution in [2.24, 2.45) is 0 Å². The molecule has 1 aromatic heterocycles. The molecule has 17 nitrogen and oxygen atoms in total. The third kappa shape index (κ3) is 5.81. The van der Waals surface area contributed by atoms with Gasteiger partial charge in [0.25, 0.3) is 0 Å². The number of phenolic OH excluding ortho intramolecular Hbond substituents is 4. The zero-order valence-electron chi connectivity index (χ0n) is 23.6. The van der Waals surface area contributed by atoms with Crippen LogP contribution in [0.25, 0.3) is 22.3 Å². The van der Waals surface area contributed by atoms with Gasteiger partial charge in [-0.15, -0.1) is 0 Å². The number of phenols is 4. The monoisotopic (exact) mass is 640 g/mol. The minimum absolute atomic E-state index is 0.0573. The fraction of sp³-hybridized carbons (Fsp3) is 0.464. The Hall–Kier alpha value is -3.91. The highest BCUT2D eigenvalue weighted by Crippen LogP contribution is 2.44. The molecule has 17 heteroatoms. The molecule has 2 aliphatic heterocycles. The van der Waals surface area contributed by atoms with Crippen molar-refractivity contribution in [3.63, 3.8) is 0 Å². The van der Waals surface area contributed by atoms with Crippen LogP contribution in [0.1, 0.15) is 6.92 Å². The van der Waals surface area contributed by atoms with Crippen molar-refractivity contribution in [2.45, 2.75) is 68.3 Å². The number of aromatic hydroxyl groups is 4. The van der Waals surface area contributed by atoms with Gasteiger partial charge in [0.15, 0.2) is 35.0 Å². The lowest BCUT2D eigenvalue weighted by Crippen LogP contribution is -2.61. The van der Waals surface area contributed by atoms with Crippen molar-refractivity contribution >= 4 is 11.0 Å². The SMILES string of the molecule is COc1c(O)cc2oc(-c3ccc(O)c(O)c3)c(O[C@@H]3OC(CO[C@@H]4OC(C)[C@H](O)[C@H](O)C4O)[C@H](O)C(O)C3O)c(=O)c2c1O. The molecule has 5 rings (SSSR count). The standard InChI is InChI=1S/C28H32O17/c1-8-16(32)20(36)22(38)27(42-8)41-7-14-17(33)21(37)23(39)28(44-14)45-26-19(35)15-13(6-12(31)25(40-2)18(15)34)43-24(26)9-3-4-10(29)11(30)5-9/h3-6,8,14,16-17,20-23,27-34,36-39H,7H2,1-2H3/t8?,14?,16-,17-,20-,21?,22?,23?,27+,28-/m0/s1. The summed E-state index contributed by atoms with van der Waals surface area (Å²) in [5, 5.41) is 102. The third-order valence-corrected chi connectivity index (χ3v) is 7.63. The molecular weight excluding hydrogens is 608 g/mol. The van der Waals surface area contributed by atoms with E-state index in [-0.39, 0.29) is 11.1 Å². The Balaban J connectivity index is 1.51. The first-order chi connectivity index (χ1) is 21.2. The number of methoxy groups -OCH3 is 1. The normalized spacial score (nSPS) is 32.0. The van der Waals surface area contributed by atoms with Crippen LogP contribution in [0.3, 0.4) is 0 Å². The van der Waals surface area contributed by atoms with Crippen molar-refractivity contribution < 1.29 is 79.2 Å². The fourth-order valence-corrected chi connectivity index (χ4v) is 5.06. The Morgan fingerprint density at radius 2 is 1.42 bits per heavy atom. The molecule has 2 aliphatic rings. The van der Waals surface area contributed by atoms with E-state index in [2.05, 4.69) is 0 Å². The summed E-state index contributed by atoms with van der Waals surface area (Å²) in [4.78, 5) is 13.8. The first-order valence-electron chi connectivity index (χ1n) is 13.5. The van der Waals surface area contributed by atoms with Crippen LogP contribution in [0.15, 0.2) is 33.5 Å². The number of rotatable bonds is 7. The number of aliphatic hydroxyl groups excluding tert-OH is 6. The Morgan fingerprint density at radius 1 is 0.756 bits per heavy atom. The van der Waals surface area contributed by atoms with E-state index in [1.165, 1.54) is 13.0 Å². The highest BCUT2D eigenvalue weighted by molar-refractivity contribution is 5.91. The molecule has 5 unspecified atom stereocenters. The zero-order chi connectivity index (χ0) is 32.9. The Labute approximate surface area is 252 Å². The second-order valence-corrected chi connectivity index (χ2v) is 10.6. The van der Waals surface area contributed by atoms with E-state index in [1.54, 1.807) is 0 Å². The molecule has 2 saturated heterocycles. The molecule has 3 aromatic rings. The molecule has 0 radical (unpaired) electrons. The van der Waals surface area contributed by atoms with Gasteiger partial charge in [0.1, 0.15) is 53.7 Å². The predicted octanol–water partition coefficient (Wildman–Crippen LogP) is -1.68. The van der Waals surface area contributed by atoms with Gasteiger partial charge in [-0.3, -0.25) is 4.79 Å². The van der Waals surface area contributed by atoms with Crippen LogP contribution >= 0.6 is 0 Å². The number of aliphatic hydroxyl groups is 6. The first kappa shape index (κ1) is 32.5. The largest absolute Gasteiger partial charge is 0.504 e. The molecule has 2 fully saturated rings. The van der Waals surface area contributed by atoms with Crippen LogP contribution in [0.2, 0.25) is 0 Å². The topological polar surface area (TPSA) is 279 Å². The molecule has 0 saturated carbocycles. The van der Waals surface area contributed by atoms with E-state index >= 15 is 0 Å². The van der Waals surface area contributed by atoms with Gasteiger partial charge in [0.05, 0.1) is 19.8 Å². The van der Waals surface area contributed by atoms with Crippen molar-refractivity contribution in [1.82, 2.24) is 0 Å². The van der Waals surface area contributed by atoms with Crippen LogP contribution < -0.4 is 14.9 Å². The Bertz CT molecular complexity index is 1610. The van der Waals surface area contributed by atoms with Crippen LogP contribution in [0.5, 0.6) is 34.5 Å². The van der Waals surface area contributed by atoms with E-state index in [0.29, 0.717) is 0 Å². The molecule has 0 spiro atoms. The van der Waals surface area contributed by atoms with E-state index in [1.807, 2.05) is 0 Å². The summed E-state index contributed by atoms with van der Waals surface area (Å²) in [6.45, 7) is 0.797. The molecular formula is C28H32O17. The molecule has 10 atom stereocenters. The molecule has 2 aromatic carbocycles. The zero-order valence-corrected chi connectivity index (χ0v) is 23.6. The van der Waals surface area contributed by atoms with Crippen LogP contribution in [0.4, 0.5) is 0 Å². The Morgan fingerprint density at radius 3 is 2.09 bits per heavy atom. The van der Waals surface area contributed by atoms with Gasteiger partial charge in [-0.1, -0.05) is 0 Å². The summed E-state index contributed by atoms with van der Waals surface area (Å²) in [7, 11) is 1.12. The number of fused-ring (bicyclic) bond motifs is 1. The van der Waals surface area contributed by atoms with Gasteiger partial charge in [-0.05, 0) is 25.1 Å². The van der Waals surface area contributed by atoms with Crippen molar-refractivity contribution in [2.75, 3.05) is 13.7 Å². The molecule has 3 heterocycles. The van der Waals surface area contributed by atoms with E-state index in [9.17, 15) is 55.9 Å². The highest BCUT2D eigenvalue weighted by Gasteiger charge is 2.48. The molecule has 10 N–H and O–H groups in total. The minimum atomic E-state index is -2.00. The summed E-state index contributed by atoms with van der Waals surface area (Å²) < 4.78 is 32.9. The second kappa shape index (κ2) is 12.5. The fourth-order valence-electron chi connectivity index (χ4n) is 5.06. The smallest absolute Gasteiger partial charge is 0.239 e. The van der Waals surface area contributed by atoms with Crippen molar-refractivity contribution in [3.8, 4) is 45.8 Å².